The van der Waals surface area contributed by atoms with Crippen LogP contribution >= 0.6 is 0 Å². The van der Waals surface area contributed by atoms with Crippen LogP contribution in [-0.4, -0.2) is 20.3 Å². The molecule has 0 amide bonds. The average Bonchev–Trinajstić information content (AvgIpc) is 2.59. The van der Waals surface area contributed by atoms with Crippen molar-refractivity contribution >= 4 is 0 Å². The molecule has 2 aromatic carbocycles. The summed E-state index contributed by atoms with van der Waals surface area (Å²) >= 11 is 0. The monoisotopic (exact) mass is 341 g/mol. The molecule has 3 heteroatoms. The molecular formula is C22H31NO2. The summed E-state index contributed by atoms with van der Waals surface area (Å²) in [5.74, 6) is 2.02. The van der Waals surface area contributed by atoms with Crippen molar-refractivity contribution in [3.63, 3.8) is 0 Å². The fourth-order valence-corrected chi connectivity index (χ4v) is 3.03. The Morgan fingerprint density at radius 1 is 1.08 bits per heavy atom. The third-order valence-electron chi connectivity index (χ3n) is 4.52. The molecule has 0 fully saturated rings. The van der Waals surface area contributed by atoms with Gasteiger partial charge < -0.3 is 15.2 Å². The van der Waals surface area contributed by atoms with Crippen molar-refractivity contribution < 1.29 is 9.47 Å². The van der Waals surface area contributed by atoms with E-state index in [1.165, 1.54) is 16.7 Å². The molecule has 136 valence electrons. The third-order valence-corrected chi connectivity index (χ3v) is 4.52. The van der Waals surface area contributed by atoms with Crippen LogP contribution in [0.25, 0.3) is 0 Å². The van der Waals surface area contributed by atoms with E-state index in [2.05, 4.69) is 51.1 Å². The molecule has 0 saturated carbocycles. The molecule has 2 N–H and O–H groups in total. The van der Waals surface area contributed by atoms with Crippen LogP contribution in [0.5, 0.6) is 11.5 Å². The Kier molecular flexibility index (Phi) is 6.49. The van der Waals surface area contributed by atoms with Crippen LogP contribution in [0.15, 0.2) is 42.5 Å². The molecule has 0 aliphatic heterocycles. The second-order valence-electron chi connectivity index (χ2n) is 7.42. The summed E-state index contributed by atoms with van der Waals surface area (Å²) in [6.45, 7) is 9.92. The lowest BCUT2D eigenvalue weighted by Gasteiger charge is -2.25. The van der Waals surface area contributed by atoms with E-state index in [0.717, 1.165) is 17.9 Å². The van der Waals surface area contributed by atoms with Gasteiger partial charge in [-0.2, -0.15) is 0 Å². The van der Waals surface area contributed by atoms with Crippen molar-refractivity contribution in [3.05, 3.63) is 59.2 Å². The van der Waals surface area contributed by atoms with Crippen molar-refractivity contribution in [2.45, 2.75) is 45.4 Å². The SMILES string of the molecule is CCOc1ccc(C(C)(C)C)cc1C(CN)Cc1cccc(OC)c1. The molecule has 1 atom stereocenters. The van der Waals surface area contributed by atoms with Gasteiger partial charge in [-0.15, -0.1) is 0 Å². The van der Waals surface area contributed by atoms with Gasteiger partial charge in [0.05, 0.1) is 13.7 Å². The normalized spacial score (nSPS) is 12.7. The largest absolute Gasteiger partial charge is 0.497 e. The van der Waals surface area contributed by atoms with Crippen molar-refractivity contribution in [1.82, 2.24) is 0 Å². The summed E-state index contributed by atoms with van der Waals surface area (Å²) in [7, 11) is 1.69. The minimum atomic E-state index is 0.0919. The molecule has 0 aromatic heterocycles. The van der Waals surface area contributed by atoms with Crippen molar-refractivity contribution in [2.75, 3.05) is 20.3 Å². The maximum absolute atomic E-state index is 6.16. The van der Waals surface area contributed by atoms with Crippen LogP contribution in [0, 0.1) is 0 Å². The van der Waals surface area contributed by atoms with E-state index in [9.17, 15) is 0 Å². The Labute approximate surface area is 152 Å². The quantitative estimate of drug-likeness (QED) is 0.795. The summed E-state index contributed by atoms with van der Waals surface area (Å²) < 4.78 is 11.2. The highest BCUT2D eigenvalue weighted by Crippen LogP contribution is 2.34. The standard InChI is InChI=1S/C22H31NO2/c1-6-25-21-11-10-18(22(2,3)4)14-20(21)17(15-23)12-16-8-7-9-19(13-16)24-5/h7-11,13-14,17H,6,12,15,23H2,1-5H3. The summed E-state index contributed by atoms with van der Waals surface area (Å²) in [6.07, 6.45) is 0.862. The van der Waals surface area contributed by atoms with E-state index in [0.29, 0.717) is 13.2 Å². The fourth-order valence-electron chi connectivity index (χ4n) is 3.03. The van der Waals surface area contributed by atoms with Gasteiger partial charge in [-0.3, -0.25) is 0 Å². The van der Waals surface area contributed by atoms with Gasteiger partial charge in [0.2, 0.25) is 0 Å². The Morgan fingerprint density at radius 3 is 2.44 bits per heavy atom. The van der Waals surface area contributed by atoms with Gasteiger partial charge in [-0.25, -0.2) is 0 Å². The fraction of sp³-hybridized carbons (Fsp3) is 0.455. The zero-order valence-corrected chi connectivity index (χ0v) is 16.1. The van der Waals surface area contributed by atoms with Gasteiger partial charge in [-0.1, -0.05) is 45.0 Å². The van der Waals surface area contributed by atoms with Crippen molar-refractivity contribution in [3.8, 4) is 11.5 Å². The maximum Gasteiger partial charge on any atom is 0.122 e. The highest BCUT2D eigenvalue weighted by atomic mass is 16.5. The minimum absolute atomic E-state index is 0.0919. The first-order chi connectivity index (χ1) is 11.9. The highest BCUT2D eigenvalue weighted by molar-refractivity contribution is 5.43. The topological polar surface area (TPSA) is 44.5 Å². The Morgan fingerprint density at radius 2 is 1.84 bits per heavy atom. The van der Waals surface area contributed by atoms with Crippen molar-refractivity contribution in [1.29, 1.82) is 0 Å². The number of nitrogens with two attached hydrogens (primary N) is 1. The molecule has 2 rings (SSSR count). The average molecular weight is 341 g/mol. The number of methoxy groups -OCH3 is 1. The summed E-state index contributed by atoms with van der Waals surface area (Å²) in [5.41, 5.74) is 9.97. The van der Waals surface area contributed by atoms with Crippen molar-refractivity contribution in [2.24, 2.45) is 5.73 Å². The van der Waals surface area contributed by atoms with Gasteiger partial charge >= 0.3 is 0 Å². The lowest BCUT2D eigenvalue weighted by atomic mass is 9.83. The third kappa shape index (κ3) is 4.99. The first-order valence-electron chi connectivity index (χ1n) is 8.99. The molecule has 0 radical (unpaired) electrons. The maximum atomic E-state index is 6.16. The lowest BCUT2D eigenvalue weighted by molar-refractivity contribution is 0.333. The zero-order chi connectivity index (χ0) is 18.4. The first kappa shape index (κ1) is 19.3. The van der Waals surface area contributed by atoms with E-state index in [4.69, 9.17) is 15.2 Å². The predicted molar refractivity (Wildman–Crippen MR) is 105 cm³/mol. The molecule has 1 unspecified atom stereocenters. The van der Waals surface area contributed by atoms with Gasteiger partial charge in [-0.05, 0) is 60.2 Å². The predicted octanol–water partition coefficient (Wildman–Crippen LogP) is 4.68. The molecule has 0 aliphatic rings. The van der Waals surface area contributed by atoms with E-state index in [1.54, 1.807) is 7.11 Å². The summed E-state index contributed by atoms with van der Waals surface area (Å²) in [5, 5.41) is 0. The summed E-state index contributed by atoms with van der Waals surface area (Å²) in [6, 6.07) is 14.7. The zero-order valence-electron chi connectivity index (χ0n) is 16.1. The molecule has 3 nitrogen and oxygen atoms in total. The smallest absolute Gasteiger partial charge is 0.122 e. The van der Waals surface area contributed by atoms with Gasteiger partial charge in [0.25, 0.3) is 0 Å². The van der Waals surface area contributed by atoms with E-state index in [-0.39, 0.29) is 11.3 Å². The lowest BCUT2D eigenvalue weighted by Crippen LogP contribution is -2.18. The minimum Gasteiger partial charge on any atom is -0.497 e. The van der Waals surface area contributed by atoms with Crippen LogP contribution in [0.2, 0.25) is 0 Å². The summed E-state index contributed by atoms with van der Waals surface area (Å²) in [4.78, 5) is 0. The number of ether oxygens (including phenoxy) is 2. The van der Waals surface area contributed by atoms with Crippen LogP contribution in [0.4, 0.5) is 0 Å². The van der Waals surface area contributed by atoms with E-state index in [1.807, 2.05) is 19.1 Å². The Hall–Kier alpha value is -2.00. The van der Waals surface area contributed by atoms with Gasteiger partial charge in [0.15, 0.2) is 0 Å². The number of hydrogen-bond acceptors (Lipinski definition) is 3. The molecule has 0 aliphatic carbocycles. The van der Waals surface area contributed by atoms with E-state index >= 15 is 0 Å². The van der Waals surface area contributed by atoms with Crippen LogP contribution in [0.3, 0.4) is 0 Å². The first-order valence-corrected chi connectivity index (χ1v) is 8.99. The Bertz CT molecular complexity index is 689. The molecule has 25 heavy (non-hydrogen) atoms. The van der Waals surface area contributed by atoms with Gasteiger partial charge in [0, 0.05) is 5.92 Å². The van der Waals surface area contributed by atoms with E-state index < -0.39 is 0 Å². The van der Waals surface area contributed by atoms with Crippen LogP contribution in [-0.2, 0) is 11.8 Å². The van der Waals surface area contributed by atoms with Crippen LogP contribution in [0.1, 0.15) is 50.3 Å². The number of benzene rings is 2. The molecular weight excluding hydrogens is 310 g/mol. The molecule has 0 heterocycles. The molecule has 0 spiro atoms. The molecule has 0 bridgehead atoms. The second kappa shape index (κ2) is 8.39. The van der Waals surface area contributed by atoms with Gasteiger partial charge in [0.1, 0.15) is 11.5 Å². The Balaban J connectivity index is 2.39. The molecule has 2 aromatic rings. The highest BCUT2D eigenvalue weighted by Gasteiger charge is 2.21. The van der Waals surface area contributed by atoms with Crippen LogP contribution < -0.4 is 15.2 Å². The number of hydrogen-bond donors (Lipinski definition) is 1. The second-order valence-corrected chi connectivity index (χ2v) is 7.42. The number of rotatable bonds is 7. The molecule has 0 saturated heterocycles.